The summed E-state index contributed by atoms with van der Waals surface area (Å²) in [6, 6.07) is 5.02. The first-order chi connectivity index (χ1) is 8.97. The van der Waals surface area contributed by atoms with Crippen LogP contribution in [0.4, 0.5) is 11.4 Å². The van der Waals surface area contributed by atoms with E-state index in [1.54, 1.807) is 18.2 Å². The highest BCUT2D eigenvalue weighted by molar-refractivity contribution is 7.71. The lowest BCUT2D eigenvalue weighted by Crippen LogP contribution is -1.91. The fourth-order valence-electron chi connectivity index (χ4n) is 1.54. The predicted molar refractivity (Wildman–Crippen MR) is 79.5 cm³/mol. The highest BCUT2D eigenvalue weighted by Crippen LogP contribution is 2.30. The van der Waals surface area contributed by atoms with E-state index in [1.807, 2.05) is 13.8 Å². The quantitative estimate of drug-likeness (QED) is 0.589. The summed E-state index contributed by atoms with van der Waals surface area (Å²) in [6.45, 7) is 3.68. The van der Waals surface area contributed by atoms with Crippen molar-refractivity contribution < 1.29 is 0 Å². The largest absolute Gasteiger partial charge is 0.333 e. The van der Waals surface area contributed by atoms with Gasteiger partial charge in [0, 0.05) is 10.7 Å². The van der Waals surface area contributed by atoms with Gasteiger partial charge in [-0.2, -0.15) is 0 Å². The van der Waals surface area contributed by atoms with Crippen molar-refractivity contribution in [3.63, 3.8) is 0 Å². The summed E-state index contributed by atoms with van der Waals surface area (Å²) >= 11 is 16.9. The Hall–Kier alpha value is -1.30. The maximum absolute atomic E-state index is 6.01. The molecule has 0 bridgehead atoms. The number of H-pyrrole nitrogens is 1. The summed E-state index contributed by atoms with van der Waals surface area (Å²) < 4.78 is 0.426. The van der Waals surface area contributed by atoms with Gasteiger partial charge in [-0.1, -0.05) is 23.2 Å². The molecule has 0 aliphatic carbocycles. The Balaban J connectivity index is 2.43. The van der Waals surface area contributed by atoms with Crippen LogP contribution in [-0.4, -0.2) is 9.97 Å². The number of azo groups is 1. The Morgan fingerprint density at radius 3 is 2.63 bits per heavy atom. The lowest BCUT2D eigenvalue weighted by molar-refractivity contribution is 1.01. The lowest BCUT2D eigenvalue weighted by Gasteiger charge is -2.03. The van der Waals surface area contributed by atoms with Crippen LogP contribution in [0.3, 0.4) is 0 Å². The van der Waals surface area contributed by atoms with Gasteiger partial charge < -0.3 is 4.98 Å². The highest BCUT2D eigenvalue weighted by Gasteiger charge is 2.05. The van der Waals surface area contributed by atoms with Gasteiger partial charge in [0.25, 0.3) is 0 Å². The van der Waals surface area contributed by atoms with E-state index in [1.165, 1.54) is 0 Å². The minimum absolute atomic E-state index is 0.426. The van der Waals surface area contributed by atoms with Gasteiger partial charge in [-0.25, -0.2) is 4.98 Å². The topological polar surface area (TPSA) is 53.4 Å². The molecule has 0 aliphatic heterocycles. The van der Waals surface area contributed by atoms with E-state index in [4.69, 9.17) is 35.4 Å². The fourth-order valence-corrected chi connectivity index (χ4v) is 2.15. The van der Waals surface area contributed by atoms with E-state index >= 15 is 0 Å². The van der Waals surface area contributed by atoms with Gasteiger partial charge in [0.1, 0.15) is 11.4 Å². The molecule has 1 heterocycles. The van der Waals surface area contributed by atoms with Crippen molar-refractivity contribution in [1.82, 2.24) is 9.97 Å². The van der Waals surface area contributed by atoms with Crippen LogP contribution in [0.1, 0.15) is 11.4 Å². The Labute approximate surface area is 125 Å². The summed E-state index contributed by atoms with van der Waals surface area (Å²) in [4.78, 5) is 7.07. The molecule has 1 N–H and O–H groups in total. The molecule has 0 aliphatic rings. The van der Waals surface area contributed by atoms with Crippen molar-refractivity contribution in [2.75, 3.05) is 0 Å². The van der Waals surface area contributed by atoms with Crippen LogP contribution in [0, 0.1) is 18.6 Å². The molecule has 0 saturated carbocycles. The van der Waals surface area contributed by atoms with Gasteiger partial charge >= 0.3 is 0 Å². The maximum atomic E-state index is 6.01. The van der Waals surface area contributed by atoms with E-state index in [2.05, 4.69) is 20.2 Å². The molecule has 98 valence electrons. The number of nitrogens with zero attached hydrogens (tertiary/aromatic N) is 3. The molecular weight excluding hydrogens is 303 g/mol. The Kier molecular flexibility index (Phi) is 4.29. The van der Waals surface area contributed by atoms with Crippen LogP contribution >= 0.6 is 35.4 Å². The minimum Gasteiger partial charge on any atom is -0.333 e. The third kappa shape index (κ3) is 3.37. The van der Waals surface area contributed by atoms with Gasteiger partial charge in [-0.3, -0.25) is 0 Å². The SMILES string of the molecule is Cc1nc(=S)[nH]c(C)c1N=Nc1cc(Cl)ccc1Cl. The Morgan fingerprint density at radius 1 is 1.21 bits per heavy atom. The van der Waals surface area contributed by atoms with Crippen LogP contribution in [0.5, 0.6) is 0 Å². The number of hydrogen-bond donors (Lipinski definition) is 1. The van der Waals surface area contributed by atoms with E-state index in [0.717, 1.165) is 5.69 Å². The summed E-state index contributed by atoms with van der Waals surface area (Å²) in [6.07, 6.45) is 0. The number of nitrogens with one attached hydrogen (secondary N) is 1. The minimum atomic E-state index is 0.426. The number of hydrogen-bond acceptors (Lipinski definition) is 4. The van der Waals surface area contributed by atoms with Crippen LogP contribution in [0.25, 0.3) is 0 Å². The van der Waals surface area contributed by atoms with Gasteiger partial charge in [-0.15, -0.1) is 10.2 Å². The van der Waals surface area contributed by atoms with E-state index in [9.17, 15) is 0 Å². The zero-order chi connectivity index (χ0) is 14.0. The van der Waals surface area contributed by atoms with Crippen molar-refractivity contribution in [1.29, 1.82) is 0 Å². The Bertz CT molecular complexity index is 683. The first-order valence-corrected chi connectivity index (χ1v) is 6.58. The normalized spacial score (nSPS) is 11.2. The number of rotatable bonds is 2. The maximum Gasteiger partial charge on any atom is 0.197 e. The van der Waals surface area contributed by atoms with Crippen LogP contribution in [0.15, 0.2) is 28.4 Å². The van der Waals surface area contributed by atoms with Crippen LogP contribution in [0.2, 0.25) is 10.0 Å². The smallest absolute Gasteiger partial charge is 0.197 e. The third-order valence-electron chi connectivity index (χ3n) is 2.43. The fraction of sp³-hybridized carbons (Fsp3) is 0.167. The van der Waals surface area contributed by atoms with Crippen molar-refractivity contribution in [2.24, 2.45) is 10.2 Å². The van der Waals surface area contributed by atoms with Gasteiger partial charge in [-0.05, 0) is 44.3 Å². The van der Waals surface area contributed by atoms with Crippen molar-refractivity contribution in [2.45, 2.75) is 13.8 Å². The van der Waals surface area contributed by atoms with Crippen LogP contribution < -0.4 is 0 Å². The molecule has 0 fully saturated rings. The van der Waals surface area contributed by atoms with Crippen LogP contribution in [-0.2, 0) is 0 Å². The molecule has 0 radical (unpaired) electrons. The molecule has 2 aromatic rings. The van der Waals surface area contributed by atoms with E-state index in [-0.39, 0.29) is 0 Å². The first-order valence-electron chi connectivity index (χ1n) is 5.41. The molecule has 0 unspecified atom stereocenters. The average molecular weight is 313 g/mol. The van der Waals surface area contributed by atoms with Crippen molar-refractivity contribution >= 4 is 46.8 Å². The molecule has 0 amide bonds. The molecule has 2 rings (SSSR count). The average Bonchev–Trinajstić information content (AvgIpc) is 2.32. The second-order valence-electron chi connectivity index (χ2n) is 3.90. The second kappa shape index (κ2) is 5.77. The van der Waals surface area contributed by atoms with Gasteiger partial charge in [0.05, 0.1) is 10.7 Å². The molecule has 19 heavy (non-hydrogen) atoms. The lowest BCUT2D eigenvalue weighted by atomic mass is 10.3. The zero-order valence-corrected chi connectivity index (χ0v) is 12.6. The van der Waals surface area contributed by atoms with Gasteiger partial charge in [0.2, 0.25) is 0 Å². The number of benzene rings is 1. The molecule has 7 heteroatoms. The Morgan fingerprint density at radius 2 is 1.95 bits per heavy atom. The molecule has 1 aromatic carbocycles. The zero-order valence-electron chi connectivity index (χ0n) is 10.2. The number of aryl methyl sites for hydroxylation is 2. The van der Waals surface area contributed by atoms with Crippen molar-refractivity contribution in [3.8, 4) is 0 Å². The molecule has 0 atom stereocenters. The standard InChI is InChI=1S/C12H10Cl2N4S/c1-6-11(7(2)16-12(19)15-6)18-17-10-5-8(13)3-4-9(10)14/h3-5H,1-2H3,(H,15,16,19). The molecule has 0 saturated heterocycles. The molecular formula is C12H10Cl2N4S. The van der Waals surface area contributed by atoms with Gasteiger partial charge in [0.15, 0.2) is 4.77 Å². The predicted octanol–water partition coefficient (Wildman–Crippen LogP) is 5.48. The summed E-state index contributed by atoms with van der Waals surface area (Å²) in [5.74, 6) is 0. The second-order valence-corrected chi connectivity index (χ2v) is 5.13. The number of aromatic nitrogens is 2. The summed E-state index contributed by atoms with van der Waals surface area (Å²) in [5.41, 5.74) is 2.67. The molecule has 0 spiro atoms. The molecule has 4 nitrogen and oxygen atoms in total. The summed E-state index contributed by atoms with van der Waals surface area (Å²) in [7, 11) is 0. The monoisotopic (exact) mass is 312 g/mol. The van der Waals surface area contributed by atoms with E-state index in [0.29, 0.717) is 31.9 Å². The third-order valence-corrected chi connectivity index (χ3v) is 3.18. The molecule has 1 aromatic heterocycles. The number of halogens is 2. The van der Waals surface area contributed by atoms with Crippen molar-refractivity contribution in [3.05, 3.63) is 44.4 Å². The highest BCUT2D eigenvalue weighted by atomic mass is 35.5. The van der Waals surface area contributed by atoms with E-state index < -0.39 is 0 Å². The first kappa shape index (κ1) is 14.1. The summed E-state index contributed by atoms with van der Waals surface area (Å²) in [5, 5.41) is 9.30. The number of aromatic amines is 1.